The van der Waals surface area contributed by atoms with Crippen molar-refractivity contribution in [2.24, 2.45) is 0 Å². The predicted octanol–water partition coefficient (Wildman–Crippen LogP) is 2.64. The number of aliphatic hydroxyl groups excluding tert-OH is 1. The number of rotatable bonds is 4. The maximum atomic E-state index is 8.65. The van der Waals surface area contributed by atoms with E-state index >= 15 is 0 Å². The molecular formula is C10H13Cl2NO. The van der Waals surface area contributed by atoms with Crippen LogP contribution in [0.15, 0.2) is 18.2 Å². The highest BCUT2D eigenvalue weighted by Crippen LogP contribution is 2.25. The van der Waals surface area contributed by atoms with Crippen LogP contribution in [-0.2, 0) is 0 Å². The van der Waals surface area contributed by atoms with Gasteiger partial charge in [-0.2, -0.15) is 0 Å². The van der Waals surface area contributed by atoms with Gasteiger partial charge in [0.05, 0.1) is 16.7 Å². The Balaban J connectivity index is 2.70. The van der Waals surface area contributed by atoms with Gasteiger partial charge in [-0.05, 0) is 24.6 Å². The fourth-order valence-corrected chi connectivity index (χ4v) is 1.49. The van der Waals surface area contributed by atoms with Crippen molar-refractivity contribution in [3.05, 3.63) is 33.8 Å². The van der Waals surface area contributed by atoms with E-state index in [2.05, 4.69) is 5.32 Å². The first-order valence-corrected chi connectivity index (χ1v) is 5.20. The van der Waals surface area contributed by atoms with E-state index < -0.39 is 0 Å². The number of hydrogen-bond acceptors (Lipinski definition) is 2. The second-order valence-electron chi connectivity index (χ2n) is 3.07. The van der Waals surface area contributed by atoms with Crippen molar-refractivity contribution in [2.75, 3.05) is 13.2 Å². The SMILES string of the molecule is C[C@@H](NCCO)c1ccc(Cl)c(Cl)c1. The normalized spacial score (nSPS) is 12.9. The molecule has 1 atom stereocenters. The average Bonchev–Trinajstić information content (AvgIpc) is 2.18. The van der Waals surface area contributed by atoms with Crippen molar-refractivity contribution in [1.29, 1.82) is 0 Å². The molecule has 0 aliphatic carbocycles. The van der Waals surface area contributed by atoms with Crippen molar-refractivity contribution in [3.63, 3.8) is 0 Å². The van der Waals surface area contributed by atoms with E-state index in [1.165, 1.54) is 0 Å². The summed E-state index contributed by atoms with van der Waals surface area (Å²) >= 11 is 11.7. The van der Waals surface area contributed by atoms with Gasteiger partial charge in [-0.15, -0.1) is 0 Å². The molecule has 1 aromatic rings. The van der Waals surface area contributed by atoms with Crippen LogP contribution in [0.5, 0.6) is 0 Å². The van der Waals surface area contributed by atoms with Crippen LogP contribution in [0, 0.1) is 0 Å². The van der Waals surface area contributed by atoms with Gasteiger partial charge in [0.15, 0.2) is 0 Å². The summed E-state index contributed by atoms with van der Waals surface area (Å²) in [6.45, 7) is 2.71. The van der Waals surface area contributed by atoms with Gasteiger partial charge in [0.25, 0.3) is 0 Å². The van der Waals surface area contributed by atoms with Crippen molar-refractivity contribution in [3.8, 4) is 0 Å². The minimum Gasteiger partial charge on any atom is -0.395 e. The van der Waals surface area contributed by atoms with E-state index in [-0.39, 0.29) is 12.6 Å². The van der Waals surface area contributed by atoms with Gasteiger partial charge >= 0.3 is 0 Å². The zero-order valence-electron chi connectivity index (χ0n) is 7.93. The van der Waals surface area contributed by atoms with Gasteiger partial charge in [0.1, 0.15) is 0 Å². The highest BCUT2D eigenvalue weighted by molar-refractivity contribution is 6.42. The van der Waals surface area contributed by atoms with Crippen LogP contribution in [-0.4, -0.2) is 18.3 Å². The number of nitrogens with one attached hydrogen (secondary N) is 1. The topological polar surface area (TPSA) is 32.3 Å². The molecule has 78 valence electrons. The van der Waals surface area contributed by atoms with E-state index in [4.69, 9.17) is 28.3 Å². The lowest BCUT2D eigenvalue weighted by Gasteiger charge is -2.13. The Morgan fingerprint density at radius 3 is 2.64 bits per heavy atom. The quantitative estimate of drug-likeness (QED) is 0.839. The Labute approximate surface area is 93.8 Å². The molecule has 0 amide bonds. The third-order valence-electron chi connectivity index (χ3n) is 2.01. The summed E-state index contributed by atoms with van der Waals surface area (Å²) in [7, 11) is 0. The average molecular weight is 234 g/mol. The van der Waals surface area contributed by atoms with E-state index in [9.17, 15) is 0 Å². The first-order chi connectivity index (χ1) is 6.65. The van der Waals surface area contributed by atoms with E-state index in [1.54, 1.807) is 6.07 Å². The lowest BCUT2D eigenvalue weighted by molar-refractivity contribution is 0.286. The molecule has 4 heteroatoms. The lowest BCUT2D eigenvalue weighted by atomic mass is 10.1. The van der Waals surface area contributed by atoms with Crippen LogP contribution in [0.1, 0.15) is 18.5 Å². The monoisotopic (exact) mass is 233 g/mol. The Kier molecular flexibility index (Phi) is 4.69. The standard InChI is InChI=1S/C10H13Cl2NO/c1-7(13-4-5-14)8-2-3-9(11)10(12)6-8/h2-3,6-7,13-14H,4-5H2,1H3/t7-/m1/s1. The largest absolute Gasteiger partial charge is 0.395 e. The molecule has 0 bridgehead atoms. The lowest BCUT2D eigenvalue weighted by Crippen LogP contribution is -2.21. The summed E-state index contributed by atoms with van der Waals surface area (Å²) in [4.78, 5) is 0. The molecule has 0 aliphatic rings. The molecule has 0 fully saturated rings. The first kappa shape index (κ1) is 11.8. The van der Waals surface area contributed by atoms with Crippen molar-refractivity contribution >= 4 is 23.2 Å². The maximum Gasteiger partial charge on any atom is 0.0595 e. The molecule has 1 rings (SSSR count). The Hall–Kier alpha value is -0.280. The molecule has 1 aromatic carbocycles. The van der Waals surface area contributed by atoms with E-state index in [0.717, 1.165) is 5.56 Å². The Bertz CT molecular complexity index is 304. The third kappa shape index (κ3) is 3.14. The molecule has 0 aliphatic heterocycles. The summed E-state index contributed by atoms with van der Waals surface area (Å²) in [5, 5.41) is 12.9. The van der Waals surface area contributed by atoms with Crippen LogP contribution in [0.2, 0.25) is 10.0 Å². The van der Waals surface area contributed by atoms with Crippen LogP contribution >= 0.6 is 23.2 Å². The van der Waals surface area contributed by atoms with Gasteiger partial charge in [0, 0.05) is 12.6 Å². The molecular weight excluding hydrogens is 221 g/mol. The summed E-state index contributed by atoms with van der Waals surface area (Å²) in [6, 6.07) is 5.69. The molecule has 0 radical (unpaired) electrons. The Morgan fingerprint density at radius 2 is 2.07 bits per heavy atom. The summed E-state index contributed by atoms with van der Waals surface area (Å²) in [6.07, 6.45) is 0. The summed E-state index contributed by atoms with van der Waals surface area (Å²) in [5.41, 5.74) is 1.06. The number of hydrogen-bond donors (Lipinski definition) is 2. The van der Waals surface area contributed by atoms with E-state index in [0.29, 0.717) is 16.6 Å². The fraction of sp³-hybridized carbons (Fsp3) is 0.400. The van der Waals surface area contributed by atoms with Gasteiger partial charge < -0.3 is 10.4 Å². The van der Waals surface area contributed by atoms with Gasteiger partial charge in [-0.3, -0.25) is 0 Å². The van der Waals surface area contributed by atoms with Gasteiger partial charge in [-0.1, -0.05) is 29.3 Å². The molecule has 0 saturated carbocycles. The molecule has 0 heterocycles. The molecule has 14 heavy (non-hydrogen) atoms. The van der Waals surface area contributed by atoms with Crippen LogP contribution < -0.4 is 5.32 Å². The second-order valence-corrected chi connectivity index (χ2v) is 3.89. The van der Waals surface area contributed by atoms with Crippen LogP contribution in [0.25, 0.3) is 0 Å². The van der Waals surface area contributed by atoms with Crippen LogP contribution in [0.3, 0.4) is 0 Å². The Morgan fingerprint density at radius 1 is 1.36 bits per heavy atom. The summed E-state index contributed by atoms with van der Waals surface area (Å²) < 4.78 is 0. The van der Waals surface area contributed by atoms with Gasteiger partial charge in [0.2, 0.25) is 0 Å². The van der Waals surface area contributed by atoms with Crippen molar-refractivity contribution in [2.45, 2.75) is 13.0 Å². The van der Waals surface area contributed by atoms with E-state index in [1.807, 2.05) is 19.1 Å². The molecule has 2 nitrogen and oxygen atoms in total. The maximum absolute atomic E-state index is 8.65. The van der Waals surface area contributed by atoms with Gasteiger partial charge in [-0.25, -0.2) is 0 Å². The highest BCUT2D eigenvalue weighted by atomic mass is 35.5. The zero-order chi connectivity index (χ0) is 10.6. The fourth-order valence-electron chi connectivity index (χ4n) is 1.18. The van der Waals surface area contributed by atoms with Crippen molar-refractivity contribution < 1.29 is 5.11 Å². The minimum atomic E-state index is 0.131. The highest BCUT2D eigenvalue weighted by Gasteiger charge is 2.06. The van der Waals surface area contributed by atoms with Crippen molar-refractivity contribution in [1.82, 2.24) is 5.32 Å². The predicted molar refractivity (Wildman–Crippen MR) is 60.0 cm³/mol. The zero-order valence-corrected chi connectivity index (χ0v) is 9.44. The second kappa shape index (κ2) is 5.56. The third-order valence-corrected chi connectivity index (χ3v) is 2.75. The smallest absolute Gasteiger partial charge is 0.0595 e. The first-order valence-electron chi connectivity index (χ1n) is 4.44. The number of halogens is 2. The molecule has 0 unspecified atom stereocenters. The summed E-state index contributed by atoms with van der Waals surface area (Å²) in [5.74, 6) is 0. The number of benzene rings is 1. The molecule has 0 spiro atoms. The number of aliphatic hydroxyl groups is 1. The molecule has 0 saturated heterocycles. The molecule has 0 aromatic heterocycles. The minimum absolute atomic E-state index is 0.131. The molecule has 2 N–H and O–H groups in total. The van der Waals surface area contributed by atoms with Crippen LogP contribution in [0.4, 0.5) is 0 Å².